The molecule has 0 radical (unpaired) electrons. The van der Waals surface area contributed by atoms with Crippen molar-refractivity contribution in [1.29, 1.82) is 0 Å². The van der Waals surface area contributed by atoms with Crippen LogP contribution >= 0.6 is 11.3 Å². The molecule has 0 aliphatic rings. The highest BCUT2D eigenvalue weighted by molar-refractivity contribution is 7.18. The molecule has 3 aromatic rings. The summed E-state index contributed by atoms with van der Waals surface area (Å²) in [7, 11) is 0. The number of fused-ring (bicyclic) bond motifs is 1. The number of nitrogens with zero attached hydrogens (tertiary/aromatic N) is 1. The van der Waals surface area contributed by atoms with Crippen LogP contribution in [0.15, 0.2) is 48.5 Å². The summed E-state index contributed by atoms with van der Waals surface area (Å²) in [5, 5.41) is 3.53. The van der Waals surface area contributed by atoms with Gasteiger partial charge in [-0.25, -0.2) is 4.98 Å². The fourth-order valence-corrected chi connectivity index (χ4v) is 3.36. The SMILES string of the molecule is O=C(CCc1nc2ccccc2s1)NCC#Cc1cccc(C(F)(F)F)c1. The minimum Gasteiger partial charge on any atom is -0.345 e. The summed E-state index contributed by atoms with van der Waals surface area (Å²) in [6.07, 6.45) is -3.58. The van der Waals surface area contributed by atoms with Gasteiger partial charge in [-0.05, 0) is 30.3 Å². The van der Waals surface area contributed by atoms with Gasteiger partial charge in [-0.2, -0.15) is 13.2 Å². The molecule has 0 fully saturated rings. The highest BCUT2D eigenvalue weighted by Crippen LogP contribution is 2.29. The van der Waals surface area contributed by atoms with Gasteiger partial charge in [0.05, 0.1) is 27.3 Å². The van der Waals surface area contributed by atoms with E-state index >= 15 is 0 Å². The first-order chi connectivity index (χ1) is 12.9. The first-order valence-corrected chi connectivity index (χ1v) is 9.01. The number of aromatic nitrogens is 1. The van der Waals surface area contributed by atoms with Crippen molar-refractivity contribution in [3.8, 4) is 11.8 Å². The molecule has 7 heteroatoms. The molecule has 27 heavy (non-hydrogen) atoms. The van der Waals surface area contributed by atoms with E-state index in [9.17, 15) is 18.0 Å². The maximum atomic E-state index is 12.6. The van der Waals surface area contributed by atoms with Gasteiger partial charge in [-0.3, -0.25) is 4.79 Å². The molecule has 138 valence electrons. The number of hydrogen-bond acceptors (Lipinski definition) is 3. The lowest BCUT2D eigenvalue weighted by molar-refractivity contribution is -0.137. The van der Waals surface area contributed by atoms with E-state index in [2.05, 4.69) is 22.1 Å². The zero-order chi connectivity index (χ0) is 19.3. The molecule has 3 rings (SSSR count). The van der Waals surface area contributed by atoms with Crippen LogP contribution in [-0.4, -0.2) is 17.4 Å². The van der Waals surface area contributed by atoms with Crippen molar-refractivity contribution in [2.45, 2.75) is 19.0 Å². The third-order valence-corrected chi connectivity index (χ3v) is 4.80. The lowest BCUT2D eigenvalue weighted by Gasteiger charge is -2.05. The lowest BCUT2D eigenvalue weighted by Crippen LogP contribution is -2.23. The van der Waals surface area contributed by atoms with E-state index in [1.165, 1.54) is 12.1 Å². The molecule has 0 unspecified atom stereocenters. The highest BCUT2D eigenvalue weighted by atomic mass is 32.1. The van der Waals surface area contributed by atoms with Crippen molar-refractivity contribution < 1.29 is 18.0 Å². The Hall–Kier alpha value is -2.85. The van der Waals surface area contributed by atoms with Crippen LogP contribution in [0, 0.1) is 11.8 Å². The molecule has 1 N–H and O–H groups in total. The summed E-state index contributed by atoms with van der Waals surface area (Å²) in [5.41, 5.74) is 0.438. The van der Waals surface area contributed by atoms with Gasteiger partial charge in [0.2, 0.25) is 5.91 Å². The number of aryl methyl sites for hydroxylation is 1. The van der Waals surface area contributed by atoms with Crippen molar-refractivity contribution in [2.75, 3.05) is 6.54 Å². The minimum absolute atomic E-state index is 0.0783. The molecule has 0 aliphatic heterocycles. The smallest absolute Gasteiger partial charge is 0.345 e. The minimum atomic E-state index is -4.40. The second-order valence-corrected chi connectivity index (χ2v) is 6.85. The Labute approximate surface area is 158 Å². The second-order valence-electron chi connectivity index (χ2n) is 5.73. The number of carbonyl (C=O) groups excluding carboxylic acids is 1. The zero-order valence-electron chi connectivity index (χ0n) is 14.1. The van der Waals surface area contributed by atoms with Crippen LogP contribution in [0.2, 0.25) is 0 Å². The normalized spacial score (nSPS) is 11.1. The van der Waals surface area contributed by atoms with Gasteiger partial charge >= 0.3 is 6.18 Å². The average molecular weight is 388 g/mol. The van der Waals surface area contributed by atoms with Crippen LogP contribution in [0.25, 0.3) is 10.2 Å². The average Bonchev–Trinajstić information content (AvgIpc) is 3.06. The van der Waals surface area contributed by atoms with Crippen molar-refractivity contribution in [2.24, 2.45) is 0 Å². The molecule has 1 heterocycles. The molecule has 0 bridgehead atoms. The summed E-state index contributed by atoms with van der Waals surface area (Å²) in [5.74, 6) is 5.12. The van der Waals surface area contributed by atoms with E-state index in [4.69, 9.17) is 0 Å². The fourth-order valence-electron chi connectivity index (χ4n) is 2.40. The predicted octanol–water partition coefficient (Wildman–Crippen LogP) is 4.42. The maximum Gasteiger partial charge on any atom is 0.416 e. The number of halogens is 3. The first-order valence-electron chi connectivity index (χ1n) is 8.19. The number of benzene rings is 2. The molecule has 0 saturated carbocycles. The van der Waals surface area contributed by atoms with Crippen molar-refractivity contribution in [3.05, 3.63) is 64.7 Å². The second kappa shape index (κ2) is 8.23. The molecular weight excluding hydrogens is 373 g/mol. The van der Waals surface area contributed by atoms with Crippen LogP contribution in [0.4, 0.5) is 13.2 Å². The Morgan fingerprint density at radius 1 is 1.15 bits per heavy atom. The number of amides is 1. The largest absolute Gasteiger partial charge is 0.416 e. The molecule has 0 aliphatic carbocycles. The number of nitrogens with one attached hydrogen (secondary N) is 1. The first kappa shape index (κ1) is 18.9. The van der Waals surface area contributed by atoms with Crippen LogP contribution in [0.3, 0.4) is 0 Å². The monoisotopic (exact) mass is 388 g/mol. The van der Waals surface area contributed by atoms with E-state index in [0.717, 1.165) is 27.4 Å². The van der Waals surface area contributed by atoms with Crippen molar-refractivity contribution in [3.63, 3.8) is 0 Å². The Morgan fingerprint density at radius 2 is 1.96 bits per heavy atom. The van der Waals surface area contributed by atoms with Crippen LogP contribution in [0.5, 0.6) is 0 Å². The quantitative estimate of drug-likeness (QED) is 0.673. The Kier molecular flexibility index (Phi) is 5.77. The van der Waals surface area contributed by atoms with Gasteiger partial charge in [-0.1, -0.05) is 30.0 Å². The number of para-hydroxylation sites is 1. The maximum absolute atomic E-state index is 12.6. The number of carbonyl (C=O) groups is 1. The van der Waals surface area contributed by atoms with Gasteiger partial charge in [-0.15, -0.1) is 11.3 Å². The molecule has 1 amide bonds. The van der Waals surface area contributed by atoms with Crippen LogP contribution in [-0.2, 0) is 17.4 Å². The third-order valence-electron chi connectivity index (χ3n) is 3.70. The summed E-state index contributed by atoms with van der Waals surface area (Å²) in [6.45, 7) is 0.0783. The number of alkyl halides is 3. The van der Waals surface area contributed by atoms with E-state index in [1.807, 2.05) is 24.3 Å². The molecule has 0 saturated heterocycles. The highest BCUT2D eigenvalue weighted by Gasteiger charge is 2.30. The van der Waals surface area contributed by atoms with E-state index in [1.54, 1.807) is 11.3 Å². The van der Waals surface area contributed by atoms with Crippen molar-refractivity contribution >= 4 is 27.5 Å². The topological polar surface area (TPSA) is 42.0 Å². The van der Waals surface area contributed by atoms with E-state index in [-0.39, 0.29) is 24.4 Å². The molecular formula is C20H15F3N2OS. The van der Waals surface area contributed by atoms with Crippen LogP contribution in [0.1, 0.15) is 22.6 Å². The Bertz CT molecular complexity index is 982. The number of rotatable bonds is 4. The Balaban J connectivity index is 1.48. The van der Waals surface area contributed by atoms with Gasteiger partial charge < -0.3 is 5.32 Å². The van der Waals surface area contributed by atoms with E-state index < -0.39 is 11.7 Å². The molecule has 0 spiro atoms. The molecule has 2 aromatic carbocycles. The third kappa shape index (κ3) is 5.31. The van der Waals surface area contributed by atoms with Gasteiger partial charge in [0.1, 0.15) is 0 Å². The number of thiazole rings is 1. The van der Waals surface area contributed by atoms with E-state index in [0.29, 0.717) is 6.42 Å². The molecule has 0 atom stereocenters. The molecule has 1 aromatic heterocycles. The fraction of sp³-hybridized carbons (Fsp3) is 0.200. The van der Waals surface area contributed by atoms with Gasteiger partial charge in [0, 0.05) is 18.4 Å². The molecule has 3 nitrogen and oxygen atoms in total. The number of hydrogen-bond donors (Lipinski definition) is 1. The van der Waals surface area contributed by atoms with Crippen molar-refractivity contribution in [1.82, 2.24) is 10.3 Å². The summed E-state index contributed by atoms with van der Waals surface area (Å²) in [4.78, 5) is 16.3. The van der Waals surface area contributed by atoms with Gasteiger partial charge in [0.15, 0.2) is 0 Å². The Morgan fingerprint density at radius 3 is 2.74 bits per heavy atom. The van der Waals surface area contributed by atoms with Crippen LogP contribution < -0.4 is 5.32 Å². The standard InChI is InChI=1S/C20H15F3N2OS/c21-20(22,23)15-7-3-5-14(13-15)6-4-12-24-18(26)10-11-19-25-16-8-1-2-9-17(16)27-19/h1-3,5,7-9,13H,10-12H2,(H,24,26). The lowest BCUT2D eigenvalue weighted by atomic mass is 10.1. The van der Waals surface area contributed by atoms with Gasteiger partial charge in [0.25, 0.3) is 0 Å². The summed E-state index contributed by atoms with van der Waals surface area (Å²) >= 11 is 1.56. The summed E-state index contributed by atoms with van der Waals surface area (Å²) < 4.78 is 39.0. The predicted molar refractivity (Wildman–Crippen MR) is 99.3 cm³/mol. The zero-order valence-corrected chi connectivity index (χ0v) is 15.0. The summed E-state index contributed by atoms with van der Waals surface area (Å²) in [6, 6.07) is 12.6.